The molecule has 1 N–H and O–H groups in total. The summed E-state index contributed by atoms with van der Waals surface area (Å²) in [7, 11) is 0. The van der Waals surface area contributed by atoms with E-state index in [1.807, 2.05) is 0 Å². The van der Waals surface area contributed by atoms with Crippen LogP contribution in [0.25, 0.3) is 0 Å². The maximum atomic E-state index is 7.29. The Morgan fingerprint density at radius 3 is 2.60 bits per heavy atom. The lowest BCUT2D eigenvalue weighted by molar-refractivity contribution is 0.403. The van der Waals surface area contributed by atoms with Gasteiger partial charge in [0.1, 0.15) is 0 Å². The van der Waals surface area contributed by atoms with Crippen molar-refractivity contribution in [2.75, 3.05) is 0 Å². The molecule has 2 atom stereocenters. The van der Waals surface area contributed by atoms with Gasteiger partial charge >= 0.3 is 0 Å². The maximum absolute atomic E-state index is 7.29. The third kappa shape index (κ3) is 0.808. The fourth-order valence-corrected chi connectivity index (χ4v) is 1.46. The van der Waals surface area contributed by atoms with Gasteiger partial charge in [-0.15, -0.1) is 0 Å². The number of rotatable bonds is 1. The number of allylic oxidation sites excluding steroid dienone is 2. The molecule has 1 aliphatic carbocycles. The van der Waals surface area contributed by atoms with Gasteiger partial charge in [-0.1, -0.05) is 25.5 Å². The van der Waals surface area contributed by atoms with Crippen molar-refractivity contribution < 1.29 is 0 Å². The standard InChI is InChI=1S/C9H15N/c1-7-4-5-8(2)9(7,3)6-10/h4,6,8,10H,5H2,1-3H3/t8-,9+/m1/s1. The molecular formula is C9H15N. The van der Waals surface area contributed by atoms with E-state index < -0.39 is 0 Å². The molecule has 1 heteroatoms. The fourth-order valence-electron chi connectivity index (χ4n) is 1.46. The molecular weight excluding hydrogens is 122 g/mol. The highest BCUT2D eigenvalue weighted by molar-refractivity contribution is 5.68. The van der Waals surface area contributed by atoms with Gasteiger partial charge in [0.2, 0.25) is 0 Å². The summed E-state index contributed by atoms with van der Waals surface area (Å²) < 4.78 is 0. The monoisotopic (exact) mass is 137 g/mol. The Labute approximate surface area is 62.6 Å². The van der Waals surface area contributed by atoms with E-state index in [4.69, 9.17) is 5.41 Å². The molecule has 0 aromatic rings. The molecule has 0 unspecified atom stereocenters. The van der Waals surface area contributed by atoms with Crippen LogP contribution in [0.1, 0.15) is 27.2 Å². The predicted octanol–water partition coefficient (Wildman–Crippen LogP) is 2.63. The van der Waals surface area contributed by atoms with Gasteiger partial charge in [0, 0.05) is 11.6 Å². The summed E-state index contributed by atoms with van der Waals surface area (Å²) in [5, 5.41) is 7.29. The summed E-state index contributed by atoms with van der Waals surface area (Å²) in [6, 6.07) is 0. The van der Waals surface area contributed by atoms with Crippen LogP contribution in [0.4, 0.5) is 0 Å². The first-order valence-electron chi connectivity index (χ1n) is 3.80. The Morgan fingerprint density at radius 1 is 1.80 bits per heavy atom. The van der Waals surface area contributed by atoms with Crippen molar-refractivity contribution in [3.05, 3.63) is 11.6 Å². The molecule has 56 valence electrons. The van der Waals surface area contributed by atoms with Crippen LogP contribution in [0.5, 0.6) is 0 Å². The van der Waals surface area contributed by atoms with Crippen molar-refractivity contribution in [3.8, 4) is 0 Å². The topological polar surface area (TPSA) is 23.9 Å². The molecule has 0 radical (unpaired) electrons. The highest BCUT2D eigenvalue weighted by Crippen LogP contribution is 2.41. The molecule has 1 aliphatic rings. The molecule has 0 aliphatic heterocycles. The molecule has 10 heavy (non-hydrogen) atoms. The molecule has 0 spiro atoms. The zero-order valence-electron chi connectivity index (χ0n) is 6.94. The van der Waals surface area contributed by atoms with Crippen molar-refractivity contribution in [3.63, 3.8) is 0 Å². The third-order valence-corrected chi connectivity index (χ3v) is 2.95. The Kier molecular flexibility index (Phi) is 1.67. The van der Waals surface area contributed by atoms with E-state index in [-0.39, 0.29) is 5.41 Å². The average Bonchev–Trinajstić information content (AvgIpc) is 2.18. The molecule has 0 bridgehead atoms. The van der Waals surface area contributed by atoms with Crippen molar-refractivity contribution in [2.24, 2.45) is 11.3 Å². The first-order valence-corrected chi connectivity index (χ1v) is 3.80. The van der Waals surface area contributed by atoms with Crippen LogP contribution in [-0.4, -0.2) is 6.21 Å². The van der Waals surface area contributed by atoms with E-state index in [1.54, 1.807) is 6.21 Å². The summed E-state index contributed by atoms with van der Waals surface area (Å²) in [6.45, 7) is 6.47. The highest BCUT2D eigenvalue weighted by atomic mass is 14.5. The van der Waals surface area contributed by atoms with Crippen LogP contribution in [0.2, 0.25) is 0 Å². The lowest BCUT2D eigenvalue weighted by atomic mass is 9.78. The van der Waals surface area contributed by atoms with Crippen LogP contribution < -0.4 is 0 Å². The molecule has 0 saturated heterocycles. The number of hydrogen-bond donors (Lipinski definition) is 1. The Hall–Kier alpha value is -0.590. The van der Waals surface area contributed by atoms with Crippen molar-refractivity contribution in [1.82, 2.24) is 0 Å². The second kappa shape index (κ2) is 2.22. The van der Waals surface area contributed by atoms with E-state index in [9.17, 15) is 0 Å². The number of nitrogens with one attached hydrogen (secondary N) is 1. The Balaban J connectivity index is 2.92. The minimum absolute atomic E-state index is 0.0556. The summed E-state index contributed by atoms with van der Waals surface area (Å²) in [5.41, 5.74) is 1.41. The summed E-state index contributed by atoms with van der Waals surface area (Å²) in [4.78, 5) is 0. The molecule has 0 heterocycles. The molecule has 0 amide bonds. The van der Waals surface area contributed by atoms with Crippen LogP contribution in [0.3, 0.4) is 0 Å². The van der Waals surface area contributed by atoms with E-state index >= 15 is 0 Å². The lowest BCUT2D eigenvalue weighted by Crippen LogP contribution is -2.23. The second-order valence-electron chi connectivity index (χ2n) is 3.45. The van der Waals surface area contributed by atoms with Crippen molar-refractivity contribution >= 4 is 6.21 Å². The largest absolute Gasteiger partial charge is 0.312 e. The van der Waals surface area contributed by atoms with Crippen LogP contribution in [0, 0.1) is 16.7 Å². The minimum atomic E-state index is 0.0556. The molecule has 0 saturated carbocycles. The molecule has 0 aromatic heterocycles. The first kappa shape index (κ1) is 7.52. The minimum Gasteiger partial charge on any atom is -0.312 e. The van der Waals surface area contributed by atoms with E-state index in [1.165, 1.54) is 5.57 Å². The number of hydrogen-bond acceptors (Lipinski definition) is 1. The van der Waals surface area contributed by atoms with Gasteiger partial charge in [-0.05, 0) is 19.3 Å². The molecule has 0 fully saturated rings. The molecule has 1 nitrogen and oxygen atoms in total. The van der Waals surface area contributed by atoms with Gasteiger partial charge < -0.3 is 5.41 Å². The van der Waals surface area contributed by atoms with Crippen LogP contribution >= 0.6 is 0 Å². The van der Waals surface area contributed by atoms with Crippen LogP contribution in [-0.2, 0) is 0 Å². The van der Waals surface area contributed by atoms with Gasteiger partial charge in [-0.2, -0.15) is 0 Å². The highest BCUT2D eigenvalue weighted by Gasteiger charge is 2.34. The van der Waals surface area contributed by atoms with E-state index in [0.717, 1.165) is 6.42 Å². The SMILES string of the molecule is CC1=CC[C@@H](C)[C@@]1(C)C=N. The zero-order valence-corrected chi connectivity index (χ0v) is 6.94. The zero-order chi connectivity index (χ0) is 7.78. The van der Waals surface area contributed by atoms with Crippen LogP contribution in [0.15, 0.2) is 11.6 Å². The Bertz CT molecular complexity index is 181. The third-order valence-electron chi connectivity index (χ3n) is 2.95. The average molecular weight is 137 g/mol. The molecule has 1 rings (SSSR count). The predicted molar refractivity (Wildman–Crippen MR) is 44.4 cm³/mol. The normalized spacial score (nSPS) is 39.5. The lowest BCUT2D eigenvalue weighted by Gasteiger charge is -2.26. The van der Waals surface area contributed by atoms with Gasteiger partial charge in [-0.25, -0.2) is 0 Å². The smallest absolute Gasteiger partial charge is 0.0255 e. The van der Waals surface area contributed by atoms with E-state index in [0.29, 0.717) is 5.92 Å². The fraction of sp³-hybridized carbons (Fsp3) is 0.667. The van der Waals surface area contributed by atoms with Crippen molar-refractivity contribution in [1.29, 1.82) is 5.41 Å². The first-order chi connectivity index (χ1) is 4.61. The summed E-state index contributed by atoms with van der Waals surface area (Å²) in [5.74, 6) is 0.616. The summed E-state index contributed by atoms with van der Waals surface area (Å²) >= 11 is 0. The van der Waals surface area contributed by atoms with E-state index in [2.05, 4.69) is 26.8 Å². The Morgan fingerprint density at radius 2 is 2.40 bits per heavy atom. The summed E-state index contributed by atoms with van der Waals surface area (Å²) in [6.07, 6.45) is 4.96. The van der Waals surface area contributed by atoms with Gasteiger partial charge in [0.25, 0.3) is 0 Å². The van der Waals surface area contributed by atoms with Gasteiger partial charge in [-0.3, -0.25) is 0 Å². The van der Waals surface area contributed by atoms with Gasteiger partial charge in [0.15, 0.2) is 0 Å². The van der Waals surface area contributed by atoms with Gasteiger partial charge in [0.05, 0.1) is 0 Å². The van der Waals surface area contributed by atoms with Crippen molar-refractivity contribution in [2.45, 2.75) is 27.2 Å². The molecule has 0 aromatic carbocycles. The quantitative estimate of drug-likeness (QED) is 0.424. The second-order valence-corrected chi connectivity index (χ2v) is 3.45. The maximum Gasteiger partial charge on any atom is 0.0255 e.